The topological polar surface area (TPSA) is 107 Å². The van der Waals surface area contributed by atoms with Gasteiger partial charge in [0.2, 0.25) is 15.9 Å². The Balaban J connectivity index is 0.000000592. The van der Waals surface area contributed by atoms with Crippen molar-refractivity contribution in [1.82, 2.24) is 14.5 Å². The van der Waals surface area contributed by atoms with Gasteiger partial charge >= 0.3 is 12.1 Å². The molecule has 1 aromatic rings. The van der Waals surface area contributed by atoms with E-state index in [1.54, 1.807) is 29.2 Å². The smallest absolute Gasteiger partial charge is 0.475 e. The molecule has 1 amide bonds. The van der Waals surface area contributed by atoms with Gasteiger partial charge in [0, 0.05) is 37.2 Å². The van der Waals surface area contributed by atoms with Gasteiger partial charge in [0.25, 0.3) is 0 Å². The number of nitrogens with one attached hydrogen (secondary N) is 1. The molecular formula is C18H25BrF3N3O5S. The third kappa shape index (κ3) is 9.13. The highest BCUT2D eigenvalue weighted by Crippen LogP contribution is 2.19. The summed E-state index contributed by atoms with van der Waals surface area (Å²) >= 11 is 3.31. The molecule has 13 heteroatoms. The van der Waals surface area contributed by atoms with Crippen LogP contribution in [0.4, 0.5) is 13.2 Å². The maximum atomic E-state index is 12.9. The van der Waals surface area contributed by atoms with Gasteiger partial charge in [-0.3, -0.25) is 4.79 Å². The number of hydrogen-bond donors (Lipinski definition) is 2. The predicted molar refractivity (Wildman–Crippen MR) is 111 cm³/mol. The van der Waals surface area contributed by atoms with Crippen molar-refractivity contribution in [3.63, 3.8) is 0 Å². The van der Waals surface area contributed by atoms with E-state index in [0.29, 0.717) is 19.6 Å². The van der Waals surface area contributed by atoms with Crippen molar-refractivity contribution < 1.29 is 36.3 Å². The first-order valence-corrected chi connectivity index (χ1v) is 11.7. The summed E-state index contributed by atoms with van der Waals surface area (Å²) in [5.41, 5.74) is 0. The van der Waals surface area contributed by atoms with Gasteiger partial charge in [-0.1, -0.05) is 29.3 Å². The summed E-state index contributed by atoms with van der Waals surface area (Å²) in [5.74, 6) is -2.89. The number of rotatable bonds is 7. The molecule has 2 rings (SSSR count). The van der Waals surface area contributed by atoms with Gasteiger partial charge in [-0.05, 0) is 30.7 Å². The van der Waals surface area contributed by atoms with Gasteiger partial charge in [-0.15, -0.1) is 0 Å². The van der Waals surface area contributed by atoms with E-state index in [2.05, 4.69) is 21.2 Å². The first-order chi connectivity index (χ1) is 14.4. The zero-order valence-electron chi connectivity index (χ0n) is 16.9. The Hall–Kier alpha value is -1.70. The van der Waals surface area contributed by atoms with Crippen molar-refractivity contribution in [2.45, 2.75) is 30.8 Å². The first-order valence-electron chi connectivity index (χ1n) is 9.44. The SMILES string of the molecule is CCCCN(CC(=O)N1CCNCC1)S(=O)(=O)c1ccc(Br)cc1.O=C(O)C(F)(F)F. The lowest BCUT2D eigenvalue weighted by molar-refractivity contribution is -0.192. The lowest BCUT2D eigenvalue weighted by Gasteiger charge is -2.30. The minimum atomic E-state index is -5.08. The quantitative estimate of drug-likeness (QED) is 0.559. The molecule has 1 aliphatic heterocycles. The number of carboxylic acid groups (broad SMARTS) is 1. The van der Waals surface area contributed by atoms with E-state index < -0.39 is 22.2 Å². The molecule has 8 nitrogen and oxygen atoms in total. The Morgan fingerprint density at radius 2 is 1.71 bits per heavy atom. The summed E-state index contributed by atoms with van der Waals surface area (Å²) in [7, 11) is -3.67. The summed E-state index contributed by atoms with van der Waals surface area (Å²) < 4.78 is 59.7. The number of sulfonamides is 1. The molecule has 0 unspecified atom stereocenters. The molecule has 0 radical (unpaired) electrons. The lowest BCUT2D eigenvalue weighted by atomic mass is 10.3. The van der Waals surface area contributed by atoms with Crippen molar-refractivity contribution in [1.29, 1.82) is 0 Å². The predicted octanol–water partition coefficient (Wildman–Crippen LogP) is 2.30. The molecule has 0 spiro atoms. The average Bonchev–Trinajstić information content (AvgIpc) is 2.71. The van der Waals surface area contributed by atoms with E-state index in [1.807, 2.05) is 6.92 Å². The first kappa shape index (κ1) is 27.3. The Bertz CT molecular complexity index is 829. The second kappa shape index (κ2) is 12.4. The van der Waals surface area contributed by atoms with Crippen LogP contribution in [-0.4, -0.2) is 80.1 Å². The number of unbranched alkanes of at least 4 members (excludes halogenated alkanes) is 1. The third-order valence-electron chi connectivity index (χ3n) is 4.24. The molecule has 0 aliphatic carbocycles. The van der Waals surface area contributed by atoms with Gasteiger partial charge in [0.05, 0.1) is 11.4 Å². The van der Waals surface area contributed by atoms with Gasteiger partial charge < -0.3 is 15.3 Å². The Kier molecular flexibility index (Phi) is 10.9. The molecule has 176 valence electrons. The van der Waals surface area contributed by atoms with Crippen LogP contribution in [0.1, 0.15) is 19.8 Å². The summed E-state index contributed by atoms with van der Waals surface area (Å²) in [6.07, 6.45) is -3.49. The number of amides is 1. The van der Waals surface area contributed by atoms with Crippen molar-refractivity contribution >= 4 is 37.8 Å². The number of nitrogens with zero attached hydrogens (tertiary/aromatic N) is 2. The molecule has 0 bridgehead atoms. The molecule has 1 fully saturated rings. The van der Waals surface area contributed by atoms with E-state index in [0.717, 1.165) is 30.4 Å². The number of carboxylic acids is 1. The zero-order chi connectivity index (χ0) is 23.7. The number of aliphatic carboxylic acids is 1. The van der Waals surface area contributed by atoms with E-state index >= 15 is 0 Å². The molecule has 0 saturated carbocycles. The molecular weight excluding hydrogens is 507 g/mol. The van der Waals surface area contributed by atoms with Gasteiger partial charge in [-0.2, -0.15) is 17.5 Å². The van der Waals surface area contributed by atoms with Crippen LogP contribution in [0.3, 0.4) is 0 Å². The summed E-state index contributed by atoms with van der Waals surface area (Å²) in [6.45, 7) is 5.01. The fraction of sp³-hybridized carbons (Fsp3) is 0.556. The fourth-order valence-electron chi connectivity index (χ4n) is 2.54. The van der Waals surface area contributed by atoms with Crippen LogP contribution in [0.15, 0.2) is 33.6 Å². The van der Waals surface area contributed by atoms with Crippen molar-refractivity contribution in [3.8, 4) is 0 Å². The molecule has 1 aliphatic rings. The van der Waals surface area contributed by atoms with Gasteiger partial charge in [0.1, 0.15) is 0 Å². The number of carbonyl (C=O) groups excluding carboxylic acids is 1. The van der Waals surface area contributed by atoms with Gasteiger partial charge in [-0.25, -0.2) is 13.2 Å². The van der Waals surface area contributed by atoms with E-state index in [9.17, 15) is 26.4 Å². The Morgan fingerprint density at radius 1 is 1.19 bits per heavy atom. The standard InChI is InChI=1S/C16H24BrN3O3S.C2HF3O2/c1-2-3-10-20(13-16(21)19-11-8-18-9-12-19)24(22,23)15-6-4-14(17)5-7-15;3-2(4,5)1(6)7/h4-7,18H,2-3,8-13H2,1H3;(H,6,7). The number of alkyl halides is 3. The van der Waals surface area contributed by atoms with Crippen LogP contribution in [0.5, 0.6) is 0 Å². The molecule has 0 aromatic heterocycles. The van der Waals surface area contributed by atoms with E-state index in [-0.39, 0.29) is 17.3 Å². The van der Waals surface area contributed by atoms with Crippen molar-refractivity contribution in [2.75, 3.05) is 39.3 Å². The minimum Gasteiger partial charge on any atom is -0.475 e. The van der Waals surface area contributed by atoms with Crippen molar-refractivity contribution in [2.24, 2.45) is 0 Å². The third-order valence-corrected chi connectivity index (χ3v) is 6.62. The number of hydrogen-bond acceptors (Lipinski definition) is 5. The summed E-state index contributed by atoms with van der Waals surface area (Å²) in [4.78, 5) is 23.3. The number of piperazine rings is 1. The molecule has 1 aromatic carbocycles. The monoisotopic (exact) mass is 531 g/mol. The molecule has 0 atom stereocenters. The van der Waals surface area contributed by atoms with E-state index in [4.69, 9.17) is 9.90 Å². The zero-order valence-corrected chi connectivity index (χ0v) is 19.3. The van der Waals surface area contributed by atoms with Crippen LogP contribution in [0.25, 0.3) is 0 Å². The summed E-state index contributed by atoms with van der Waals surface area (Å²) in [6, 6.07) is 6.52. The number of carbonyl (C=O) groups is 2. The van der Waals surface area contributed by atoms with Crippen molar-refractivity contribution in [3.05, 3.63) is 28.7 Å². The largest absolute Gasteiger partial charge is 0.490 e. The van der Waals surface area contributed by atoms with Crippen LogP contribution in [0.2, 0.25) is 0 Å². The molecule has 2 N–H and O–H groups in total. The Morgan fingerprint density at radius 3 is 2.16 bits per heavy atom. The number of halogens is 4. The normalized spacial score (nSPS) is 14.7. The average molecular weight is 532 g/mol. The van der Waals surface area contributed by atoms with Crippen LogP contribution < -0.4 is 5.32 Å². The van der Waals surface area contributed by atoms with Gasteiger partial charge in [0.15, 0.2) is 0 Å². The highest BCUT2D eigenvalue weighted by molar-refractivity contribution is 9.10. The maximum absolute atomic E-state index is 12.9. The fourth-order valence-corrected chi connectivity index (χ4v) is 4.23. The van der Waals surface area contributed by atoms with E-state index in [1.165, 1.54) is 4.31 Å². The lowest BCUT2D eigenvalue weighted by Crippen LogP contribution is -2.50. The maximum Gasteiger partial charge on any atom is 0.490 e. The second-order valence-electron chi connectivity index (χ2n) is 6.58. The van der Waals surface area contributed by atoms with Crippen LogP contribution in [-0.2, 0) is 19.6 Å². The molecule has 1 heterocycles. The molecule has 31 heavy (non-hydrogen) atoms. The number of benzene rings is 1. The Labute approximate surface area is 187 Å². The minimum absolute atomic E-state index is 0.0988. The second-order valence-corrected chi connectivity index (χ2v) is 9.43. The van der Waals surface area contributed by atoms with Crippen LogP contribution in [0, 0.1) is 0 Å². The van der Waals surface area contributed by atoms with Crippen LogP contribution >= 0.6 is 15.9 Å². The summed E-state index contributed by atoms with van der Waals surface area (Å²) in [5, 5.41) is 10.3. The molecule has 1 saturated heterocycles. The highest BCUT2D eigenvalue weighted by Gasteiger charge is 2.38. The highest BCUT2D eigenvalue weighted by atomic mass is 79.9.